The number of carbonyl (C=O) groups excluding carboxylic acids is 1. The highest BCUT2D eigenvalue weighted by molar-refractivity contribution is 6.04. The number of nitrogens with one attached hydrogen (secondary N) is 1. The highest BCUT2D eigenvalue weighted by Crippen LogP contribution is 2.24. The number of amides is 1. The highest BCUT2D eigenvalue weighted by atomic mass is 16.5. The first-order chi connectivity index (χ1) is 19.5. The molecular formula is C32H35N5O3. The van der Waals surface area contributed by atoms with Crippen molar-refractivity contribution >= 4 is 28.2 Å². The van der Waals surface area contributed by atoms with Crippen LogP contribution in [-0.4, -0.2) is 59.7 Å². The van der Waals surface area contributed by atoms with Crippen LogP contribution >= 0.6 is 0 Å². The van der Waals surface area contributed by atoms with Crippen molar-refractivity contribution in [3.05, 3.63) is 88.5 Å². The Morgan fingerprint density at radius 2 is 1.75 bits per heavy atom. The number of likely N-dealkylation sites (tertiary alicyclic amines) is 1. The van der Waals surface area contributed by atoms with Gasteiger partial charge in [-0.05, 0) is 99.1 Å². The number of ether oxygens (including phenoxy) is 1. The van der Waals surface area contributed by atoms with E-state index in [0.717, 1.165) is 68.0 Å². The average Bonchev–Trinajstić information content (AvgIpc) is 3.70. The van der Waals surface area contributed by atoms with Crippen molar-refractivity contribution in [2.45, 2.75) is 32.6 Å². The lowest BCUT2D eigenvalue weighted by molar-refractivity contribution is 0.102. The van der Waals surface area contributed by atoms with Gasteiger partial charge in [-0.25, -0.2) is 4.98 Å². The van der Waals surface area contributed by atoms with E-state index in [9.17, 15) is 9.59 Å². The van der Waals surface area contributed by atoms with Crippen LogP contribution in [0.3, 0.4) is 0 Å². The number of anilines is 2. The van der Waals surface area contributed by atoms with Crippen LogP contribution in [0.1, 0.15) is 41.6 Å². The molecule has 0 atom stereocenters. The fourth-order valence-corrected chi connectivity index (χ4v) is 5.63. The number of hydrogen-bond donors (Lipinski definition) is 1. The van der Waals surface area contributed by atoms with Crippen molar-refractivity contribution in [2.24, 2.45) is 0 Å². The molecule has 0 bridgehead atoms. The van der Waals surface area contributed by atoms with Gasteiger partial charge in [0.05, 0.1) is 11.1 Å². The Balaban J connectivity index is 1.22. The normalized spacial score (nSPS) is 15.6. The number of rotatable bonds is 8. The fourth-order valence-electron chi connectivity index (χ4n) is 5.63. The first kappa shape index (κ1) is 26.1. The molecule has 206 valence electrons. The summed E-state index contributed by atoms with van der Waals surface area (Å²) in [6.07, 6.45) is 8.27. The summed E-state index contributed by atoms with van der Waals surface area (Å²) in [6, 6.07) is 16.8. The van der Waals surface area contributed by atoms with Gasteiger partial charge in [-0.1, -0.05) is 12.1 Å². The van der Waals surface area contributed by atoms with E-state index in [1.165, 1.54) is 12.8 Å². The number of benzene rings is 2. The van der Waals surface area contributed by atoms with Crippen LogP contribution in [0.2, 0.25) is 0 Å². The second-order valence-corrected chi connectivity index (χ2v) is 10.7. The second kappa shape index (κ2) is 11.5. The van der Waals surface area contributed by atoms with E-state index in [4.69, 9.17) is 4.74 Å². The fraction of sp³-hybridized carbons (Fsp3) is 0.344. The molecule has 2 aromatic carbocycles. The minimum atomic E-state index is -0.209. The molecule has 1 N–H and O–H groups in total. The van der Waals surface area contributed by atoms with Gasteiger partial charge in [0.2, 0.25) is 0 Å². The van der Waals surface area contributed by atoms with Crippen molar-refractivity contribution in [3.63, 3.8) is 0 Å². The van der Waals surface area contributed by atoms with Gasteiger partial charge in [0, 0.05) is 43.3 Å². The number of hydrogen-bond acceptors (Lipinski definition) is 6. The lowest BCUT2D eigenvalue weighted by Gasteiger charge is -2.17. The summed E-state index contributed by atoms with van der Waals surface area (Å²) in [5.74, 6) is 1.32. The van der Waals surface area contributed by atoms with Gasteiger partial charge in [0.25, 0.3) is 11.5 Å². The van der Waals surface area contributed by atoms with Crippen LogP contribution in [0, 0.1) is 6.92 Å². The predicted molar refractivity (Wildman–Crippen MR) is 159 cm³/mol. The largest absolute Gasteiger partial charge is 0.492 e. The minimum absolute atomic E-state index is 0.126. The van der Waals surface area contributed by atoms with Gasteiger partial charge >= 0.3 is 0 Å². The van der Waals surface area contributed by atoms with E-state index in [0.29, 0.717) is 29.0 Å². The number of pyridine rings is 2. The Hall–Kier alpha value is -4.17. The lowest BCUT2D eigenvalue weighted by atomic mass is 10.1. The molecule has 4 heterocycles. The SMILES string of the molecule is Cc1ccc(NC(=O)c2ccnc(N3CCCC3)c2)cc1-n1ccc2ccc(OCCN3CCCC3)cc2c1=O. The number of aromatic nitrogens is 2. The molecular weight excluding hydrogens is 502 g/mol. The number of carbonyl (C=O) groups is 1. The molecule has 2 aromatic heterocycles. The van der Waals surface area contributed by atoms with Crippen LogP contribution in [0.4, 0.5) is 11.5 Å². The summed E-state index contributed by atoms with van der Waals surface area (Å²) in [5.41, 5.74) is 2.70. The number of nitrogens with zero attached hydrogens (tertiary/aromatic N) is 4. The van der Waals surface area contributed by atoms with Crippen LogP contribution in [-0.2, 0) is 0 Å². The molecule has 0 saturated carbocycles. The van der Waals surface area contributed by atoms with Crippen LogP contribution in [0.25, 0.3) is 16.5 Å². The standard InChI is InChI=1S/C32H35N5O3/c1-23-6-8-26(34-31(38)25-10-12-33-30(20-25)36-15-4-5-16-36)21-29(23)37-17-11-24-7-9-27(22-28(24)32(37)39)40-19-18-35-13-2-3-14-35/h6-12,17,20-22H,2-5,13-16,18-19H2,1H3,(H,34,38). The molecule has 0 spiro atoms. The van der Waals surface area contributed by atoms with Crippen molar-refractivity contribution in [1.29, 1.82) is 0 Å². The number of fused-ring (bicyclic) bond motifs is 1. The average molecular weight is 538 g/mol. The third-order valence-corrected chi connectivity index (χ3v) is 7.92. The van der Waals surface area contributed by atoms with Gasteiger partial charge in [-0.2, -0.15) is 0 Å². The summed E-state index contributed by atoms with van der Waals surface area (Å²) < 4.78 is 7.64. The Morgan fingerprint density at radius 3 is 2.58 bits per heavy atom. The molecule has 2 aliphatic rings. The number of aryl methyl sites for hydroxylation is 1. The molecule has 40 heavy (non-hydrogen) atoms. The Kier molecular flexibility index (Phi) is 7.51. The van der Waals surface area contributed by atoms with Crippen LogP contribution in [0.15, 0.2) is 71.8 Å². The van der Waals surface area contributed by atoms with Crippen molar-refractivity contribution in [2.75, 3.05) is 49.5 Å². The molecule has 2 saturated heterocycles. The zero-order chi connectivity index (χ0) is 27.5. The minimum Gasteiger partial charge on any atom is -0.492 e. The van der Waals surface area contributed by atoms with E-state index in [-0.39, 0.29) is 11.5 Å². The van der Waals surface area contributed by atoms with Crippen LogP contribution in [0.5, 0.6) is 5.75 Å². The van der Waals surface area contributed by atoms with Crippen molar-refractivity contribution in [1.82, 2.24) is 14.5 Å². The molecule has 1 amide bonds. The molecule has 0 unspecified atom stereocenters. The zero-order valence-electron chi connectivity index (χ0n) is 22.9. The van der Waals surface area contributed by atoms with E-state index in [1.54, 1.807) is 23.0 Å². The quantitative estimate of drug-likeness (QED) is 0.340. The molecule has 8 heteroatoms. The molecule has 0 radical (unpaired) electrons. The zero-order valence-corrected chi connectivity index (χ0v) is 22.9. The second-order valence-electron chi connectivity index (χ2n) is 10.7. The van der Waals surface area contributed by atoms with E-state index in [2.05, 4.69) is 20.1 Å². The molecule has 2 fully saturated rings. The predicted octanol–water partition coefficient (Wildman–Crippen LogP) is 5.02. The molecule has 0 aliphatic carbocycles. The molecule has 2 aliphatic heterocycles. The maximum atomic E-state index is 13.6. The Bertz CT molecular complexity index is 1590. The van der Waals surface area contributed by atoms with E-state index in [1.807, 2.05) is 55.5 Å². The molecule has 6 rings (SSSR count). The van der Waals surface area contributed by atoms with Gasteiger partial charge in [0.15, 0.2) is 0 Å². The first-order valence-electron chi connectivity index (χ1n) is 14.2. The third kappa shape index (κ3) is 5.58. The Morgan fingerprint density at radius 1 is 0.950 bits per heavy atom. The summed E-state index contributed by atoms with van der Waals surface area (Å²) >= 11 is 0. The van der Waals surface area contributed by atoms with Crippen LogP contribution < -0.4 is 20.5 Å². The van der Waals surface area contributed by atoms with E-state index >= 15 is 0 Å². The summed E-state index contributed by atoms with van der Waals surface area (Å²) in [7, 11) is 0. The first-order valence-corrected chi connectivity index (χ1v) is 14.2. The molecule has 4 aromatic rings. The topological polar surface area (TPSA) is 79.7 Å². The van der Waals surface area contributed by atoms with Gasteiger partial charge in [-0.3, -0.25) is 19.1 Å². The smallest absolute Gasteiger partial charge is 0.263 e. The van der Waals surface area contributed by atoms with Gasteiger partial charge in [0.1, 0.15) is 18.2 Å². The summed E-state index contributed by atoms with van der Waals surface area (Å²) in [6.45, 7) is 7.65. The lowest BCUT2D eigenvalue weighted by Crippen LogP contribution is -2.25. The maximum Gasteiger partial charge on any atom is 0.263 e. The van der Waals surface area contributed by atoms with Gasteiger partial charge in [-0.15, -0.1) is 0 Å². The van der Waals surface area contributed by atoms with Gasteiger partial charge < -0.3 is 15.0 Å². The summed E-state index contributed by atoms with van der Waals surface area (Å²) in [4.78, 5) is 35.8. The third-order valence-electron chi connectivity index (χ3n) is 7.92. The Labute approximate surface area is 234 Å². The summed E-state index contributed by atoms with van der Waals surface area (Å²) in [5, 5.41) is 4.46. The van der Waals surface area contributed by atoms with E-state index < -0.39 is 0 Å². The molecule has 8 nitrogen and oxygen atoms in total. The monoisotopic (exact) mass is 537 g/mol. The maximum absolute atomic E-state index is 13.6. The van der Waals surface area contributed by atoms with Crippen molar-refractivity contribution < 1.29 is 9.53 Å². The highest BCUT2D eigenvalue weighted by Gasteiger charge is 2.17. The van der Waals surface area contributed by atoms with Crippen molar-refractivity contribution in [3.8, 4) is 11.4 Å².